The molecule has 5 heteroatoms. The third kappa shape index (κ3) is 3.64. The summed E-state index contributed by atoms with van der Waals surface area (Å²) < 4.78 is 24.6. The number of sulfonamides is 1. The lowest BCUT2D eigenvalue weighted by molar-refractivity contribution is -0.111. The highest BCUT2D eigenvalue weighted by Gasteiger charge is 2.23. The first-order valence-corrected chi connectivity index (χ1v) is 9.17. The van der Waals surface area contributed by atoms with Gasteiger partial charge in [-0.25, -0.2) is 8.42 Å². The summed E-state index contributed by atoms with van der Waals surface area (Å²) in [6.45, 7) is 1.94. The number of carbonyl (C=O) groups excluding carboxylic acids is 1. The van der Waals surface area contributed by atoms with Gasteiger partial charge in [0.05, 0.1) is 11.9 Å². The fraction of sp³-hybridized carbons (Fsp3) is 0.562. The van der Waals surface area contributed by atoms with E-state index in [4.69, 9.17) is 0 Å². The Morgan fingerprint density at radius 1 is 1.19 bits per heavy atom. The van der Waals surface area contributed by atoms with E-state index >= 15 is 0 Å². The summed E-state index contributed by atoms with van der Waals surface area (Å²) in [6.07, 6.45) is 6.26. The smallest absolute Gasteiger partial charge is 0.232 e. The van der Waals surface area contributed by atoms with Gasteiger partial charge in [-0.1, -0.05) is 12.1 Å². The third-order valence-corrected chi connectivity index (χ3v) is 5.68. The molecule has 116 valence electrons. The van der Waals surface area contributed by atoms with Gasteiger partial charge in [-0.15, -0.1) is 0 Å². The van der Waals surface area contributed by atoms with Gasteiger partial charge in [-0.05, 0) is 55.7 Å². The number of carbonyl (C=O) groups is 1. The van der Waals surface area contributed by atoms with Crippen molar-refractivity contribution in [2.75, 3.05) is 17.6 Å². The number of hydrogen-bond acceptors (Lipinski definition) is 3. The van der Waals surface area contributed by atoms with Crippen LogP contribution in [-0.2, 0) is 14.8 Å². The molecule has 0 atom stereocenters. The largest absolute Gasteiger partial charge is 0.303 e. The summed E-state index contributed by atoms with van der Waals surface area (Å²) in [5.41, 5.74) is 2.95. The van der Waals surface area contributed by atoms with Crippen LogP contribution in [0.4, 0.5) is 5.69 Å². The number of rotatable bonds is 4. The van der Waals surface area contributed by atoms with E-state index in [2.05, 4.69) is 6.07 Å². The minimum absolute atomic E-state index is 0.220. The van der Waals surface area contributed by atoms with Gasteiger partial charge in [-0.3, -0.25) is 4.31 Å². The van der Waals surface area contributed by atoms with Crippen LogP contribution in [0.2, 0.25) is 0 Å². The van der Waals surface area contributed by atoms with Gasteiger partial charge in [-0.2, -0.15) is 0 Å². The van der Waals surface area contributed by atoms with Crippen molar-refractivity contribution in [2.45, 2.75) is 38.5 Å². The molecule has 0 unspecified atom stereocenters. The fourth-order valence-corrected chi connectivity index (χ4v) is 3.62. The summed E-state index contributed by atoms with van der Waals surface area (Å²) in [7, 11) is -1.66. The zero-order chi connectivity index (χ0) is 15.6. The Hall–Kier alpha value is -1.36. The molecule has 0 spiro atoms. The lowest BCUT2D eigenvalue weighted by Gasteiger charge is -2.27. The summed E-state index contributed by atoms with van der Waals surface area (Å²) >= 11 is 0. The maximum absolute atomic E-state index is 11.6. The normalized spacial score (nSPS) is 22.8. The van der Waals surface area contributed by atoms with Crippen LogP contribution in [0.5, 0.6) is 0 Å². The second-order valence-electron chi connectivity index (χ2n) is 6.02. The topological polar surface area (TPSA) is 54.5 Å². The molecule has 0 N–H and O–H groups in total. The molecular formula is C16H23NO3S. The average Bonchev–Trinajstić information content (AvgIpc) is 2.45. The van der Waals surface area contributed by atoms with E-state index in [1.807, 2.05) is 19.1 Å². The molecule has 0 amide bonds. The molecule has 0 saturated heterocycles. The van der Waals surface area contributed by atoms with Crippen LogP contribution >= 0.6 is 0 Å². The van der Waals surface area contributed by atoms with Crippen molar-refractivity contribution in [3.8, 4) is 0 Å². The molecule has 1 aromatic rings. The molecule has 0 aliphatic heterocycles. The Balaban J connectivity index is 2.18. The van der Waals surface area contributed by atoms with Crippen molar-refractivity contribution in [3.63, 3.8) is 0 Å². The Labute approximate surface area is 127 Å². The Kier molecular flexibility index (Phi) is 4.71. The second-order valence-corrected chi connectivity index (χ2v) is 8.04. The standard InChI is InChI=1S/C16H23NO3S/c1-12-10-15(14-6-4-13(11-18)5-7-14)8-9-16(12)17(2)21(3,19)20/h8-11,13-14H,4-7H2,1-3H3. The van der Waals surface area contributed by atoms with Crippen LogP contribution < -0.4 is 4.31 Å². The number of benzene rings is 1. The molecule has 1 saturated carbocycles. The summed E-state index contributed by atoms with van der Waals surface area (Å²) in [5.74, 6) is 0.704. The van der Waals surface area contributed by atoms with Crippen LogP contribution in [0.3, 0.4) is 0 Å². The average molecular weight is 309 g/mol. The summed E-state index contributed by atoms with van der Waals surface area (Å²) in [4.78, 5) is 10.8. The maximum atomic E-state index is 11.6. The molecule has 1 fully saturated rings. The molecule has 1 aliphatic rings. The van der Waals surface area contributed by atoms with Gasteiger partial charge in [0, 0.05) is 13.0 Å². The minimum atomic E-state index is -3.23. The lowest BCUT2D eigenvalue weighted by atomic mass is 9.79. The van der Waals surface area contributed by atoms with E-state index in [1.54, 1.807) is 7.05 Å². The number of aldehydes is 1. The quantitative estimate of drug-likeness (QED) is 0.804. The maximum Gasteiger partial charge on any atom is 0.232 e. The van der Waals surface area contributed by atoms with Gasteiger partial charge in [0.1, 0.15) is 6.29 Å². The fourth-order valence-electron chi connectivity index (χ4n) is 3.05. The summed E-state index contributed by atoms with van der Waals surface area (Å²) in [5, 5.41) is 0. The molecule has 2 rings (SSSR count). The lowest BCUT2D eigenvalue weighted by Crippen LogP contribution is -2.25. The van der Waals surface area contributed by atoms with Crippen molar-refractivity contribution >= 4 is 22.0 Å². The van der Waals surface area contributed by atoms with E-state index in [-0.39, 0.29) is 5.92 Å². The molecule has 1 aliphatic carbocycles. The van der Waals surface area contributed by atoms with Gasteiger partial charge in [0.15, 0.2) is 0 Å². The van der Waals surface area contributed by atoms with E-state index in [1.165, 1.54) is 16.1 Å². The zero-order valence-corrected chi connectivity index (χ0v) is 13.7. The third-order valence-electron chi connectivity index (χ3n) is 4.49. The molecule has 21 heavy (non-hydrogen) atoms. The number of aryl methyl sites for hydroxylation is 1. The van der Waals surface area contributed by atoms with Crippen molar-refractivity contribution in [1.29, 1.82) is 0 Å². The van der Waals surface area contributed by atoms with E-state index in [9.17, 15) is 13.2 Å². The number of nitrogens with zero attached hydrogens (tertiary/aromatic N) is 1. The molecule has 1 aromatic carbocycles. The molecule has 4 nitrogen and oxygen atoms in total. The van der Waals surface area contributed by atoms with Crippen LogP contribution in [0.25, 0.3) is 0 Å². The zero-order valence-electron chi connectivity index (χ0n) is 12.9. The molecular weight excluding hydrogens is 286 g/mol. The van der Waals surface area contributed by atoms with Crippen molar-refractivity contribution in [1.82, 2.24) is 0 Å². The number of hydrogen-bond donors (Lipinski definition) is 0. The van der Waals surface area contributed by atoms with Crippen LogP contribution in [0.1, 0.15) is 42.7 Å². The highest BCUT2D eigenvalue weighted by Crippen LogP contribution is 2.36. The van der Waals surface area contributed by atoms with Gasteiger partial charge in [0.25, 0.3) is 0 Å². The van der Waals surface area contributed by atoms with Crippen molar-refractivity contribution in [3.05, 3.63) is 29.3 Å². The van der Waals surface area contributed by atoms with Crippen LogP contribution in [0, 0.1) is 12.8 Å². The highest BCUT2D eigenvalue weighted by molar-refractivity contribution is 7.92. The van der Waals surface area contributed by atoms with Gasteiger partial charge < -0.3 is 4.79 Å². The Morgan fingerprint density at radius 3 is 2.29 bits per heavy atom. The second kappa shape index (κ2) is 6.18. The monoisotopic (exact) mass is 309 g/mol. The Bertz CT molecular complexity index is 616. The van der Waals surface area contributed by atoms with Gasteiger partial charge >= 0.3 is 0 Å². The van der Waals surface area contributed by atoms with Gasteiger partial charge in [0.2, 0.25) is 10.0 Å². The van der Waals surface area contributed by atoms with Crippen LogP contribution in [-0.4, -0.2) is 28.0 Å². The highest BCUT2D eigenvalue weighted by atomic mass is 32.2. The van der Waals surface area contributed by atoms with E-state index in [0.717, 1.165) is 43.2 Å². The minimum Gasteiger partial charge on any atom is -0.303 e. The first kappa shape index (κ1) is 16.0. The SMILES string of the molecule is Cc1cc(C2CCC(C=O)CC2)ccc1N(C)S(C)(=O)=O. The van der Waals surface area contributed by atoms with Crippen molar-refractivity contribution < 1.29 is 13.2 Å². The van der Waals surface area contributed by atoms with E-state index < -0.39 is 10.0 Å². The van der Waals surface area contributed by atoms with Crippen molar-refractivity contribution in [2.24, 2.45) is 5.92 Å². The molecule has 0 heterocycles. The first-order valence-electron chi connectivity index (χ1n) is 7.32. The molecule has 0 radical (unpaired) electrons. The number of anilines is 1. The molecule has 0 bridgehead atoms. The predicted octanol–water partition coefficient (Wildman–Crippen LogP) is 2.86. The van der Waals surface area contributed by atoms with Crippen LogP contribution in [0.15, 0.2) is 18.2 Å². The Morgan fingerprint density at radius 2 is 1.81 bits per heavy atom. The first-order chi connectivity index (χ1) is 9.82. The predicted molar refractivity (Wildman–Crippen MR) is 85.2 cm³/mol. The van der Waals surface area contributed by atoms with E-state index in [0.29, 0.717) is 5.92 Å². The summed E-state index contributed by atoms with van der Waals surface area (Å²) in [6, 6.07) is 6.00. The molecule has 0 aromatic heterocycles.